The van der Waals surface area contributed by atoms with Crippen LogP contribution in [-0.2, 0) is 0 Å². The first-order valence-electron chi connectivity index (χ1n) is 13.1. The van der Waals surface area contributed by atoms with Crippen molar-refractivity contribution in [2.45, 2.75) is 37.8 Å². The number of nitrogens with zero attached hydrogens (tertiary/aromatic N) is 3. The van der Waals surface area contributed by atoms with Crippen LogP contribution in [0, 0.1) is 11.7 Å². The van der Waals surface area contributed by atoms with E-state index in [1.165, 1.54) is 19.3 Å². The highest BCUT2D eigenvalue weighted by molar-refractivity contribution is 6.08. The number of hydrogen-bond donors (Lipinski definition) is 0. The van der Waals surface area contributed by atoms with Gasteiger partial charge in [0.25, 0.3) is 0 Å². The summed E-state index contributed by atoms with van der Waals surface area (Å²) >= 11 is 0. The molecule has 2 unspecified atom stereocenters. The van der Waals surface area contributed by atoms with Crippen molar-refractivity contribution in [1.82, 2.24) is 9.47 Å². The predicted molar refractivity (Wildman–Crippen MR) is 144 cm³/mol. The number of likely N-dealkylation sites (tertiary alicyclic amines) is 1. The van der Waals surface area contributed by atoms with Crippen molar-refractivity contribution in [2.75, 3.05) is 38.7 Å². The van der Waals surface area contributed by atoms with E-state index in [4.69, 9.17) is 4.74 Å². The van der Waals surface area contributed by atoms with Gasteiger partial charge in [0.1, 0.15) is 5.69 Å². The Hall–Kier alpha value is -3.45. The molecular weight excluding hydrogens is 469 g/mol. The minimum atomic E-state index is -0.477. The molecule has 0 amide bonds. The largest absolute Gasteiger partial charge is 0.492 e. The standard InChI is InChI=1S/C30H32FN3O3/c1-32-14-6-9-20-16-33(18-25(20)32)28-24(31)15-22-27(30(28)37-2)34(21-11-12-21)17-23(29(22)36)26(35)13-10-19-7-4-3-5-8-19/h3-5,7-8,10,13,15,17,20-21,25H,6,9,11-12,14,16,18H2,1-2H3. The second kappa shape index (κ2) is 9.45. The van der Waals surface area contributed by atoms with Gasteiger partial charge in [-0.25, -0.2) is 4.39 Å². The number of likely N-dealkylation sites (N-methyl/N-ethyl adjacent to an activating group) is 1. The van der Waals surface area contributed by atoms with Gasteiger partial charge in [0.15, 0.2) is 17.3 Å². The Labute approximate surface area is 215 Å². The van der Waals surface area contributed by atoms with Crippen molar-refractivity contribution >= 4 is 28.4 Å². The lowest BCUT2D eigenvalue weighted by Gasteiger charge is -2.33. The number of rotatable bonds is 6. The van der Waals surface area contributed by atoms with Crippen LogP contribution in [0.3, 0.4) is 0 Å². The lowest BCUT2D eigenvalue weighted by molar-refractivity contribution is 0.104. The van der Waals surface area contributed by atoms with Gasteiger partial charge >= 0.3 is 0 Å². The van der Waals surface area contributed by atoms with Crippen molar-refractivity contribution in [1.29, 1.82) is 0 Å². The third-order valence-electron chi connectivity index (χ3n) is 8.21. The summed E-state index contributed by atoms with van der Waals surface area (Å²) < 4.78 is 23.7. The number of allylic oxidation sites excluding steroid dienone is 1. The Morgan fingerprint density at radius 2 is 1.92 bits per heavy atom. The maximum atomic E-state index is 15.8. The van der Waals surface area contributed by atoms with Gasteiger partial charge in [0.05, 0.1) is 23.6 Å². The molecule has 37 heavy (non-hydrogen) atoms. The zero-order valence-corrected chi connectivity index (χ0v) is 21.3. The Morgan fingerprint density at radius 1 is 1.14 bits per heavy atom. The smallest absolute Gasteiger partial charge is 0.200 e. The summed E-state index contributed by atoms with van der Waals surface area (Å²) in [5, 5.41) is 0.192. The van der Waals surface area contributed by atoms with Crippen molar-refractivity contribution in [2.24, 2.45) is 5.92 Å². The minimum Gasteiger partial charge on any atom is -0.492 e. The molecule has 2 atom stereocenters. The number of ketones is 1. The fourth-order valence-electron chi connectivity index (χ4n) is 6.16. The van der Waals surface area contributed by atoms with Gasteiger partial charge in [0, 0.05) is 31.4 Å². The molecule has 2 aromatic carbocycles. The monoisotopic (exact) mass is 501 g/mol. The quantitative estimate of drug-likeness (QED) is 0.355. The first-order valence-corrected chi connectivity index (χ1v) is 13.1. The Balaban J connectivity index is 1.46. The van der Waals surface area contributed by atoms with Gasteiger partial charge in [-0.1, -0.05) is 36.4 Å². The number of anilines is 1. The first kappa shape index (κ1) is 23.9. The second-order valence-electron chi connectivity index (χ2n) is 10.6. The number of piperidine rings is 1. The van der Waals surface area contributed by atoms with Gasteiger partial charge < -0.3 is 19.1 Å². The van der Waals surface area contributed by atoms with Gasteiger partial charge in [-0.3, -0.25) is 9.59 Å². The molecule has 192 valence electrons. The number of halogens is 1. The van der Waals surface area contributed by atoms with E-state index in [1.54, 1.807) is 12.3 Å². The lowest BCUT2D eigenvalue weighted by atomic mass is 9.93. The van der Waals surface area contributed by atoms with Crippen LogP contribution in [0.1, 0.15) is 47.6 Å². The summed E-state index contributed by atoms with van der Waals surface area (Å²) in [7, 11) is 3.68. The number of hydrogen-bond acceptors (Lipinski definition) is 5. The van der Waals surface area contributed by atoms with Crippen molar-refractivity contribution < 1.29 is 13.9 Å². The molecule has 0 spiro atoms. The molecule has 3 heterocycles. The Bertz CT molecular complexity index is 1440. The van der Waals surface area contributed by atoms with E-state index >= 15 is 4.39 Å². The van der Waals surface area contributed by atoms with Crippen LogP contribution in [0.2, 0.25) is 0 Å². The molecule has 1 aliphatic carbocycles. The molecule has 3 aliphatic rings. The van der Waals surface area contributed by atoms with E-state index in [-0.39, 0.29) is 22.8 Å². The summed E-state index contributed by atoms with van der Waals surface area (Å²) in [4.78, 5) is 31.2. The van der Waals surface area contributed by atoms with Gasteiger partial charge in [-0.05, 0) is 62.9 Å². The van der Waals surface area contributed by atoms with E-state index in [0.29, 0.717) is 28.9 Å². The third kappa shape index (κ3) is 4.25. The highest BCUT2D eigenvalue weighted by Gasteiger charge is 2.40. The number of methoxy groups -OCH3 is 1. The number of ether oxygens (including phenoxy) is 1. The average Bonchev–Trinajstić information content (AvgIpc) is 3.66. The van der Waals surface area contributed by atoms with Crippen LogP contribution in [-0.4, -0.2) is 55.1 Å². The number of carbonyl (C=O) groups is 1. The van der Waals surface area contributed by atoms with E-state index in [2.05, 4.69) is 16.8 Å². The van der Waals surface area contributed by atoms with Crippen LogP contribution < -0.4 is 15.1 Å². The summed E-state index contributed by atoms with van der Waals surface area (Å²) in [5.41, 5.74) is 1.46. The van der Waals surface area contributed by atoms with Gasteiger partial charge in [-0.2, -0.15) is 0 Å². The van der Waals surface area contributed by atoms with Crippen molar-refractivity contribution in [3.63, 3.8) is 0 Å². The average molecular weight is 502 g/mol. The molecule has 6 nitrogen and oxygen atoms in total. The number of benzene rings is 2. The molecule has 7 heteroatoms. The summed E-state index contributed by atoms with van der Waals surface area (Å²) in [6.45, 7) is 2.56. The van der Waals surface area contributed by atoms with Crippen LogP contribution in [0.15, 0.2) is 53.5 Å². The van der Waals surface area contributed by atoms with Crippen LogP contribution >= 0.6 is 0 Å². The maximum absolute atomic E-state index is 15.8. The number of fused-ring (bicyclic) bond motifs is 2. The molecular formula is C30H32FN3O3. The topological polar surface area (TPSA) is 54.8 Å². The Kier molecular flexibility index (Phi) is 6.11. The maximum Gasteiger partial charge on any atom is 0.200 e. The molecule has 6 rings (SSSR count). The Morgan fingerprint density at radius 3 is 2.62 bits per heavy atom. The molecule has 0 N–H and O–H groups in total. The van der Waals surface area contributed by atoms with E-state index in [0.717, 1.165) is 50.9 Å². The molecule has 1 saturated carbocycles. The van der Waals surface area contributed by atoms with Crippen molar-refractivity contribution in [3.8, 4) is 5.75 Å². The van der Waals surface area contributed by atoms with Crippen LogP contribution in [0.25, 0.3) is 17.0 Å². The van der Waals surface area contributed by atoms with E-state index < -0.39 is 11.2 Å². The highest BCUT2D eigenvalue weighted by Crippen LogP contribution is 2.45. The normalized spacial score (nSPS) is 22.1. The SMILES string of the molecule is COc1c(N2CC3CCCN(C)C3C2)c(F)cc2c(=O)c(C(=O)C=Cc3ccccc3)cn(C3CC3)c12. The van der Waals surface area contributed by atoms with Crippen LogP contribution in [0.4, 0.5) is 10.1 Å². The molecule has 3 fully saturated rings. The van der Waals surface area contributed by atoms with Crippen molar-refractivity contribution in [3.05, 3.63) is 75.8 Å². The second-order valence-corrected chi connectivity index (χ2v) is 10.6. The van der Waals surface area contributed by atoms with E-state index in [9.17, 15) is 9.59 Å². The zero-order chi connectivity index (χ0) is 25.7. The zero-order valence-electron chi connectivity index (χ0n) is 21.3. The molecule has 0 bridgehead atoms. The lowest BCUT2D eigenvalue weighted by Crippen LogP contribution is -2.42. The number of pyridine rings is 1. The summed E-state index contributed by atoms with van der Waals surface area (Å²) in [5.74, 6) is 0.00878. The number of aromatic nitrogens is 1. The fraction of sp³-hybridized carbons (Fsp3) is 0.400. The fourth-order valence-corrected chi connectivity index (χ4v) is 6.16. The van der Waals surface area contributed by atoms with Gasteiger partial charge in [0.2, 0.25) is 5.43 Å². The number of carbonyl (C=O) groups excluding carboxylic acids is 1. The molecule has 1 aromatic heterocycles. The summed E-state index contributed by atoms with van der Waals surface area (Å²) in [6, 6.07) is 11.3. The summed E-state index contributed by atoms with van der Waals surface area (Å²) in [6.07, 6.45) is 8.94. The molecule has 3 aromatic rings. The minimum absolute atomic E-state index is 0.0506. The van der Waals surface area contributed by atoms with Gasteiger partial charge in [-0.15, -0.1) is 0 Å². The predicted octanol–water partition coefficient (Wildman–Crippen LogP) is 4.91. The van der Waals surface area contributed by atoms with E-state index in [1.807, 2.05) is 34.9 Å². The molecule has 2 aliphatic heterocycles. The first-order chi connectivity index (χ1) is 18.0. The molecule has 0 radical (unpaired) electrons. The van der Waals surface area contributed by atoms with Crippen LogP contribution in [0.5, 0.6) is 5.75 Å². The highest BCUT2D eigenvalue weighted by atomic mass is 19.1. The third-order valence-corrected chi connectivity index (χ3v) is 8.21. The molecule has 2 saturated heterocycles.